The van der Waals surface area contributed by atoms with Crippen LogP contribution in [0.5, 0.6) is 0 Å². The summed E-state index contributed by atoms with van der Waals surface area (Å²) < 4.78 is 0. The van der Waals surface area contributed by atoms with Crippen LogP contribution in [0.3, 0.4) is 0 Å². The molecule has 0 radical (unpaired) electrons. The molecule has 0 fully saturated rings. The lowest BCUT2D eigenvalue weighted by Gasteiger charge is -2.22. The Labute approximate surface area is 227 Å². The largest absolute Gasteiger partial charge is 0.192 e. The van der Waals surface area contributed by atoms with Crippen molar-refractivity contribution in [3.63, 3.8) is 0 Å². The number of benzene rings is 7. The molecule has 0 heterocycles. The van der Waals surface area contributed by atoms with Crippen LogP contribution in [0.1, 0.15) is 30.5 Å². The third-order valence-corrected chi connectivity index (χ3v) is 8.88. The number of hydrogen-bond acceptors (Lipinski definition) is 1. The third kappa shape index (κ3) is 3.01. The molecule has 0 spiro atoms. The number of fused-ring (bicyclic) bond motifs is 3. The van der Waals surface area contributed by atoms with Gasteiger partial charge in [0.15, 0.2) is 0 Å². The fourth-order valence-corrected chi connectivity index (χ4v) is 6.90. The van der Waals surface area contributed by atoms with Crippen LogP contribution in [-0.4, -0.2) is 0 Å². The molecule has 0 amide bonds. The van der Waals surface area contributed by atoms with Gasteiger partial charge in [0.05, 0.1) is 11.6 Å². The summed E-state index contributed by atoms with van der Waals surface area (Å²) in [4.78, 5) is 0. The van der Waals surface area contributed by atoms with Gasteiger partial charge in [0.1, 0.15) is 0 Å². The average Bonchev–Trinajstić information content (AvgIpc) is 3.22. The highest BCUT2D eigenvalue weighted by molar-refractivity contribution is 6.27. The zero-order valence-electron chi connectivity index (χ0n) is 21.9. The van der Waals surface area contributed by atoms with Crippen molar-refractivity contribution in [1.29, 1.82) is 5.26 Å². The monoisotopic (exact) mass is 495 g/mol. The minimum Gasteiger partial charge on any atom is -0.192 e. The minimum atomic E-state index is -0.0261. The first-order valence-corrected chi connectivity index (χ1v) is 13.5. The second-order valence-electron chi connectivity index (χ2n) is 11.3. The summed E-state index contributed by atoms with van der Waals surface area (Å²) in [6, 6.07) is 44.1. The summed E-state index contributed by atoms with van der Waals surface area (Å²) in [5.41, 5.74) is 11.0. The van der Waals surface area contributed by atoms with E-state index < -0.39 is 0 Å². The fourth-order valence-electron chi connectivity index (χ4n) is 6.90. The van der Waals surface area contributed by atoms with Crippen molar-refractivity contribution < 1.29 is 0 Å². The SMILES string of the molecule is CC1(C)c2ccccc2-c2ccc(-c3ccc4ccc5c(-c6ccc(C#N)cc6)ccc6ccc3c4c65)cc21. The zero-order chi connectivity index (χ0) is 26.3. The van der Waals surface area contributed by atoms with Gasteiger partial charge in [0, 0.05) is 5.41 Å². The molecule has 1 heteroatoms. The predicted molar refractivity (Wildman–Crippen MR) is 163 cm³/mol. The van der Waals surface area contributed by atoms with Crippen molar-refractivity contribution in [1.82, 2.24) is 0 Å². The van der Waals surface area contributed by atoms with Crippen LogP contribution in [-0.2, 0) is 5.41 Å². The first-order valence-electron chi connectivity index (χ1n) is 13.5. The molecular formula is C38H25N. The molecule has 1 nitrogen and oxygen atoms in total. The van der Waals surface area contributed by atoms with Crippen molar-refractivity contribution >= 4 is 32.3 Å². The van der Waals surface area contributed by atoms with E-state index in [9.17, 15) is 5.26 Å². The molecule has 0 unspecified atom stereocenters. The van der Waals surface area contributed by atoms with Crippen LogP contribution in [0.15, 0.2) is 115 Å². The van der Waals surface area contributed by atoms with E-state index in [1.165, 1.54) is 71.3 Å². The standard InChI is InChI=1S/C38H25N/c1-38(2)34-6-4-3-5-30(34)31-18-15-27(21-35(31)38)29-17-12-26-13-19-32-28(24-9-7-23(22-39)8-10-24)16-11-25-14-20-33(29)37(26)36(25)32/h3-21H,1-2H3. The predicted octanol–water partition coefficient (Wildman–Crippen LogP) is 10.1. The normalized spacial score (nSPS) is 13.6. The summed E-state index contributed by atoms with van der Waals surface area (Å²) >= 11 is 0. The van der Waals surface area contributed by atoms with Crippen LogP contribution in [0.25, 0.3) is 65.7 Å². The van der Waals surface area contributed by atoms with Crippen LogP contribution in [0, 0.1) is 11.3 Å². The van der Waals surface area contributed by atoms with Crippen molar-refractivity contribution in [2.75, 3.05) is 0 Å². The number of hydrogen-bond donors (Lipinski definition) is 0. The first-order chi connectivity index (χ1) is 19.0. The highest BCUT2D eigenvalue weighted by Crippen LogP contribution is 2.50. The second kappa shape index (κ2) is 7.79. The van der Waals surface area contributed by atoms with Gasteiger partial charge in [-0.2, -0.15) is 5.26 Å². The van der Waals surface area contributed by atoms with Crippen molar-refractivity contribution in [3.8, 4) is 39.4 Å². The van der Waals surface area contributed by atoms with Crippen molar-refractivity contribution in [2.24, 2.45) is 0 Å². The van der Waals surface area contributed by atoms with Gasteiger partial charge in [-0.15, -0.1) is 0 Å². The summed E-state index contributed by atoms with van der Waals surface area (Å²) in [5, 5.41) is 16.9. The van der Waals surface area contributed by atoms with E-state index in [2.05, 4.69) is 123 Å². The molecule has 8 rings (SSSR count). The van der Waals surface area contributed by atoms with Crippen molar-refractivity contribution in [2.45, 2.75) is 19.3 Å². The van der Waals surface area contributed by atoms with E-state index in [4.69, 9.17) is 0 Å². The van der Waals surface area contributed by atoms with Crippen LogP contribution in [0.2, 0.25) is 0 Å². The van der Waals surface area contributed by atoms with Gasteiger partial charge in [-0.3, -0.25) is 0 Å². The lowest BCUT2D eigenvalue weighted by molar-refractivity contribution is 0.660. The summed E-state index contributed by atoms with van der Waals surface area (Å²) in [5.74, 6) is 0. The first kappa shape index (κ1) is 22.1. The molecule has 0 saturated carbocycles. The molecular weight excluding hydrogens is 470 g/mol. The van der Waals surface area contributed by atoms with E-state index in [-0.39, 0.29) is 5.41 Å². The number of nitriles is 1. The van der Waals surface area contributed by atoms with E-state index in [1.54, 1.807) is 0 Å². The van der Waals surface area contributed by atoms with Gasteiger partial charge in [-0.25, -0.2) is 0 Å². The van der Waals surface area contributed by atoms with E-state index in [1.807, 2.05) is 12.1 Å². The summed E-state index contributed by atoms with van der Waals surface area (Å²) in [6.45, 7) is 4.69. The van der Waals surface area contributed by atoms with Gasteiger partial charge < -0.3 is 0 Å². The average molecular weight is 496 g/mol. The van der Waals surface area contributed by atoms with Gasteiger partial charge in [-0.05, 0) is 95.0 Å². The molecule has 0 aromatic heterocycles. The molecule has 1 aliphatic rings. The number of rotatable bonds is 2. The molecule has 1 aliphatic carbocycles. The van der Waals surface area contributed by atoms with E-state index >= 15 is 0 Å². The van der Waals surface area contributed by atoms with Crippen molar-refractivity contribution in [3.05, 3.63) is 132 Å². The van der Waals surface area contributed by atoms with Crippen LogP contribution < -0.4 is 0 Å². The van der Waals surface area contributed by atoms with Gasteiger partial charge >= 0.3 is 0 Å². The maximum Gasteiger partial charge on any atom is 0.0991 e. The lowest BCUT2D eigenvalue weighted by atomic mass is 9.81. The lowest BCUT2D eigenvalue weighted by Crippen LogP contribution is -2.14. The molecule has 0 N–H and O–H groups in total. The van der Waals surface area contributed by atoms with E-state index in [0.29, 0.717) is 5.56 Å². The van der Waals surface area contributed by atoms with E-state index in [0.717, 1.165) is 5.56 Å². The summed E-state index contributed by atoms with van der Waals surface area (Å²) in [6.07, 6.45) is 0. The Morgan fingerprint density at radius 2 is 1.05 bits per heavy atom. The smallest absolute Gasteiger partial charge is 0.0991 e. The Morgan fingerprint density at radius 1 is 0.513 bits per heavy atom. The molecule has 182 valence electrons. The van der Waals surface area contributed by atoms with Crippen LogP contribution >= 0.6 is 0 Å². The summed E-state index contributed by atoms with van der Waals surface area (Å²) in [7, 11) is 0. The molecule has 0 atom stereocenters. The Kier molecular flexibility index (Phi) is 4.41. The Morgan fingerprint density at radius 3 is 1.72 bits per heavy atom. The quantitative estimate of drug-likeness (QED) is 0.219. The highest BCUT2D eigenvalue weighted by Gasteiger charge is 2.35. The second-order valence-corrected chi connectivity index (χ2v) is 11.3. The maximum atomic E-state index is 9.25. The molecule has 39 heavy (non-hydrogen) atoms. The molecule has 0 bridgehead atoms. The Balaban J connectivity index is 1.37. The molecule has 7 aromatic rings. The van der Waals surface area contributed by atoms with Gasteiger partial charge in [0.2, 0.25) is 0 Å². The topological polar surface area (TPSA) is 23.8 Å². The third-order valence-electron chi connectivity index (χ3n) is 8.88. The van der Waals surface area contributed by atoms with Gasteiger partial charge in [0.25, 0.3) is 0 Å². The molecule has 0 aliphatic heterocycles. The number of nitrogens with zero attached hydrogens (tertiary/aromatic N) is 1. The minimum absolute atomic E-state index is 0.0261. The zero-order valence-corrected chi connectivity index (χ0v) is 21.9. The van der Waals surface area contributed by atoms with Gasteiger partial charge in [-0.1, -0.05) is 111 Å². The van der Waals surface area contributed by atoms with Crippen LogP contribution in [0.4, 0.5) is 0 Å². The maximum absolute atomic E-state index is 9.25. The highest BCUT2D eigenvalue weighted by atomic mass is 14.4. The molecule has 7 aromatic carbocycles. The molecule has 0 saturated heterocycles. The Hall–Kier alpha value is -4.93. The Bertz CT molecular complexity index is 2140. The fraction of sp³-hybridized carbons (Fsp3) is 0.0789.